The molecule has 0 saturated heterocycles. The van der Waals surface area contributed by atoms with Crippen molar-refractivity contribution >= 4 is 39.2 Å². The predicted molar refractivity (Wildman–Crippen MR) is 118 cm³/mol. The fourth-order valence-electron chi connectivity index (χ4n) is 2.58. The molecule has 0 aliphatic carbocycles. The molecule has 6 heteroatoms. The molecular formula is C21H24BrNO3S. The maximum atomic E-state index is 5.42. The molecule has 0 spiro atoms. The van der Waals surface area contributed by atoms with E-state index in [2.05, 4.69) is 47.2 Å². The topological polar surface area (TPSA) is 39.7 Å². The van der Waals surface area contributed by atoms with Crippen molar-refractivity contribution in [1.29, 1.82) is 0 Å². The molecule has 0 aliphatic heterocycles. The summed E-state index contributed by atoms with van der Waals surface area (Å²) in [5, 5.41) is 3.23. The lowest BCUT2D eigenvalue weighted by molar-refractivity contribution is 0.323. The second kappa shape index (κ2) is 9.76. The second-order valence-electron chi connectivity index (χ2n) is 6.00. The van der Waals surface area contributed by atoms with E-state index in [-0.39, 0.29) is 0 Å². The summed E-state index contributed by atoms with van der Waals surface area (Å²) in [6.07, 6.45) is 3.89. The zero-order valence-electron chi connectivity index (χ0n) is 16.2. The van der Waals surface area contributed by atoms with E-state index in [0.717, 1.165) is 15.6 Å². The number of thiocarbonyl (C=S) groups is 1. The first kappa shape index (κ1) is 21.3. The van der Waals surface area contributed by atoms with Crippen molar-refractivity contribution in [3.63, 3.8) is 0 Å². The SMILES string of the molecule is COc1cc(CNC(=S)/C=C/c2ccc(C)c(C)c2Br)cc(OC)c1OC. The van der Waals surface area contributed by atoms with Crippen molar-refractivity contribution < 1.29 is 14.2 Å². The van der Waals surface area contributed by atoms with E-state index >= 15 is 0 Å². The molecule has 0 fully saturated rings. The molecule has 0 amide bonds. The van der Waals surface area contributed by atoms with Crippen LogP contribution in [0.3, 0.4) is 0 Å². The van der Waals surface area contributed by atoms with Gasteiger partial charge in [-0.25, -0.2) is 0 Å². The molecule has 0 aromatic heterocycles. The van der Waals surface area contributed by atoms with Gasteiger partial charge in [0.25, 0.3) is 0 Å². The molecule has 2 aromatic rings. The van der Waals surface area contributed by atoms with E-state index in [1.54, 1.807) is 21.3 Å². The summed E-state index contributed by atoms with van der Waals surface area (Å²) in [4.78, 5) is 0.647. The highest BCUT2D eigenvalue weighted by Gasteiger charge is 2.13. The average molecular weight is 450 g/mol. The molecule has 0 aliphatic rings. The second-order valence-corrected chi connectivity index (χ2v) is 7.23. The first-order chi connectivity index (χ1) is 12.9. The molecule has 4 nitrogen and oxygen atoms in total. The minimum atomic E-state index is 0.550. The van der Waals surface area contributed by atoms with Crippen molar-refractivity contribution in [2.45, 2.75) is 20.4 Å². The van der Waals surface area contributed by atoms with Crippen LogP contribution in [0.4, 0.5) is 0 Å². The maximum absolute atomic E-state index is 5.42. The number of aryl methyl sites for hydroxylation is 1. The van der Waals surface area contributed by atoms with E-state index in [1.807, 2.05) is 24.3 Å². The van der Waals surface area contributed by atoms with Crippen LogP contribution in [0.2, 0.25) is 0 Å². The van der Waals surface area contributed by atoms with Crippen LogP contribution in [0.15, 0.2) is 34.8 Å². The van der Waals surface area contributed by atoms with E-state index in [1.165, 1.54) is 11.1 Å². The Morgan fingerprint density at radius 3 is 2.26 bits per heavy atom. The van der Waals surface area contributed by atoms with Gasteiger partial charge in [-0.1, -0.05) is 30.4 Å². The molecule has 144 valence electrons. The van der Waals surface area contributed by atoms with Gasteiger partial charge in [0.15, 0.2) is 11.5 Å². The summed E-state index contributed by atoms with van der Waals surface area (Å²) in [7, 11) is 4.79. The third kappa shape index (κ3) is 5.23. The van der Waals surface area contributed by atoms with Crippen LogP contribution in [-0.2, 0) is 6.54 Å². The van der Waals surface area contributed by atoms with Crippen molar-refractivity contribution in [2.75, 3.05) is 21.3 Å². The molecule has 0 saturated carbocycles. The minimum absolute atomic E-state index is 0.550. The summed E-state index contributed by atoms with van der Waals surface area (Å²) in [6.45, 7) is 4.74. The molecule has 0 bridgehead atoms. The number of rotatable bonds is 7. The Bertz CT molecular complexity index is 840. The minimum Gasteiger partial charge on any atom is -0.493 e. The van der Waals surface area contributed by atoms with Crippen molar-refractivity contribution in [3.8, 4) is 17.2 Å². The summed E-state index contributed by atoms with van der Waals surface area (Å²) in [5.74, 6) is 1.81. The van der Waals surface area contributed by atoms with Crippen LogP contribution in [0.1, 0.15) is 22.3 Å². The van der Waals surface area contributed by atoms with Crippen LogP contribution in [-0.4, -0.2) is 26.3 Å². The Balaban J connectivity index is 2.08. The first-order valence-corrected chi connectivity index (χ1v) is 9.61. The third-order valence-electron chi connectivity index (χ3n) is 4.29. The van der Waals surface area contributed by atoms with E-state index < -0.39 is 0 Å². The highest BCUT2D eigenvalue weighted by atomic mass is 79.9. The van der Waals surface area contributed by atoms with Crippen LogP contribution in [0, 0.1) is 13.8 Å². The zero-order chi connectivity index (χ0) is 20.0. The van der Waals surface area contributed by atoms with Crippen molar-refractivity contribution in [1.82, 2.24) is 5.32 Å². The first-order valence-electron chi connectivity index (χ1n) is 8.41. The molecule has 1 N–H and O–H groups in total. The Labute approximate surface area is 174 Å². The van der Waals surface area contributed by atoms with Gasteiger partial charge in [0.05, 0.1) is 26.3 Å². The number of ether oxygens (including phenoxy) is 3. The molecule has 0 heterocycles. The summed E-state index contributed by atoms with van der Waals surface area (Å²) < 4.78 is 17.2. The van der Waals surface area contributed by atoms with Crippen LogP contribution >= 0.6 is 28.1 Å². The standard InChI is InChI=1S/C21H24BrNO3S/c1-13-6-7-16(20(22)14(13)2)8-9-19(27)23-12-15-10-17(24-3)21(26-5)18(11-15)25-4/h6-11H,12H2,1-5H3,(H,23,27)/b9-8+. The molecule has 2 aromatic carbocycles. The Kier molecular flexibility index (Phi) is 7.68. The lowest BCUT2D eigenvalue weighted by Crippen LogP contribution is -2.18. The molecule has 27 heavy (non-hydrogen) atoms. The summed E-state index contributed by atoms with van der Waals surface area (Å²) in [6, 6.07) is 7.98. The molecule has 0 atom stereocenters. The van der Waals surface area contributed by atoms with Gasteiger partial charge in [-0.05, 0) is 70.2 Å². The van der Waals surface area contributed by atoms with E-state index in [4.69, 9.17) is 26.4 Å². The van der Waals surface area contributed by atoms with Crippen molar-refractivity contribution in [3.05, 3.63) is 57.1 Å². The number of methoxy groups -OCH3 is 3. The van der Waals surface area contributed by atoms with Gasteiger partial charge < -0.3 is 19.5 Å². The van der Waals surface area contributed by atoms with E-state index in [9.17, 15) is 0 Å². The number of nitrogens with one attached hydrogen (secondary N) is 1. The highest BCUT2D eigenvalue weighted by Crippen LogP contribution is 2.38. The molecular weight excluding hydrogens is 426 g/mol. The monoisotopic (exact) mass is 449 g/mol. The van der Waals surface area contributed by atoms with Crippen LogP contribution in [0.25, 0.3) is 6.08 Å². The fourth-order valence-corrected chi connectivity index (χ4v) is 3.30. The van der Waals surface area contributed by atoms with Crippen LogP contribution in [0.5, 0.6) is 17.2 Å². The number of hydrogen-bond acceptors (Lipinski definition) is 4. The maximum Gasteiger partial charge on any atom is 0.203 e. The predicted octanol–water partition coefficient (Wildman–Crippen LogP) is 5.22. The summed E-state index contributed by atoms with van der Waals surface area (Å²) >= 11 is 9.07. The van der Waals surface area contributed by atoms with Crippen molar-refractivity contribution in [2.24, 2.45) is 0 Å². The van der Waals surface area contributed by atoms with Crippen LogP contribution < -0.4 is 19.5 Å². The van der Waals surface area contributed by atoms with Gasteiger partial charge in [0.1, 0.15) is 0 Å². The Hall–Kier alpha value is -2.05. The van der Waals surface area contributed by atoms with E-state index in [0.29, 0.717) is 28.8 Å². The Morgan fingerprint density at radius 1 is 1.07 bits per heavy atom. The smallest absolute Gasteiger partial charge is 0.203 e. The third-order valence-corrected chi connectivity index (χ3v) is 5.63. The number of benzene rings is 2. The number of halogens is 1. The lowest BCUT2D eigenvalue weighted by atomic mass is 10.1. The van der Waals surface area contributed by atoms with Gasteiger partial charge in [-0.2, -0.15) is 0 Å². The van der Waals surface area contributed by atoms with Gasteiger partial charge in [0.2, 0.25) is 5.75 Å². The lowest BCUT2D eigenvalue weighted by Gasteiger charge is -2.14. The normalized spacial score (nSPS) is 10.7. The Morgan fingerprint density at radius 2 is 1.70 bits per heavy atom. The molecule has 0 radical (unpaired) electrons. The van der Waals surface area contributed by atoms with Gasteiger partial charge in [-0.15, -0.1) is 0 Å². The number of hydrogen-bond donors (Lipinski definition) is 1. The van der Waals surface area contributed by atoms with Gasteiger partial charge in [-0.3, -0.25) is 0 Å². The average Bonchev–Trinajstić information content (AvgIpc) is 2.68. The fraction of sp³-hybridized carbons (Fsp3) is 0.286. The zero-order valence-corrected chi connectivity index (χ0v) is 18.6. The van der Waals surface area contributed by atoms with Gasteiger partial charge in [0, 0.05) is 11.0 Å². The molecule has 2 rings (SSSR count). The van der Waals surface area contributed by atoms with Gasteiger partial charge >= 0.3 is 0 Å². The largest absolute Gasteiger partial charge is 0.493 e. The quantitative estimate of drug-likeness (QED) is 0.463. The summed E-state index contributed by atoms with van der Waals surface area (Å²) in [5.41, 5.74) is 4.55. The molecule has 0 unspecified atom stereocenters. The highest BCUT2D eigenvalue weighted by molar-refractivity contribution is 9.10.